The van der Waals surface area contributed by atoms with Crippen LogP contribution in [0, 0.1) is 0 Å². The summed E-state index contributed by atoms with van der Waals surface area (Å²) in [6, 6.07) is 107. The van der Waals surface area contributed by atoms with E-state index in [9.17, 15) is 0 Å². The Morgan fingerprint density at radius 1 is 0.270 bits per heavy atom. The fraction of sp³-hybridized carbons (Fsp3) is 0. The fourth-order valence-electron chi connectivity index (χ4n) is 11.6. The molecular weight excluding hydrogens is 894 g/mol. The van der Waals surface area contributed by atoms with Crippen LogP contribution in [0.2, 0.25) is 0 Å². The smallest absolute Gasteiger partial charge is 0.252 e. The van der Waals surface area contributed by atoms with Gasteiger partial charge in [0.2, 0.25) is 0 Å². The molecule has 0 saturated carbocycles. The molecule has 0 fully saturated rings. The first-order chi connectivity index (χ1) is 36.7. The summed E-state index contributed by atoms with van der Waals surface area (Å²) in [7, 11) is 0. The zero-order valence-electron chi connectivity index (χ0n) is 40.6. The first-order valence-electron chi connectivity index (χ1n) is 25.5. The standard InChI is InChI=1S/C70H48BN3/c1-6-19-49(20-7-1)53-33-39-59(40-34-53)73-66-45-56(51-23-10-3-11-24-51)37-43-63(66)71-64-44-38-57(52-25-12-4-13-26-52)46-67(64)74(60-41-35-54(36-42-60)50-21-8-2-9-22-50)69-48-61(47-68(73)70(69)71)72(58-29-14-5-15-30-58)65-32-18-28-55-27-16-17-31-62(55)65/h1-48H. The lowest BCUT2D eigenvalue weighted by atomic mass is 9.33. The van der Waals surface area contributed by atoms with Crippen LogP contribution in [0.1, 0.15) is 0 Å². The van der Waals surface area contributed by atoms with Crippen molar-refractivity contribution in [2.45, 2.75) is 0 Å². The molecular formula is C70H48BN3. The third kappa shape index (κ3) is 7.47. The highest BCUT2D eigenvalue weighted by molar-refractivity contribution is 7.00. The Labute approximate surface area is 433 Å². The van der Waals surface area contributed by atoms with Crippen molar-refractivity contribution >= 4 is 85.1 Å². The molecule has 0 atom stereocenters. The lowest BCUT2D eigenvalue weighted by Gasteiger charge is -2.45. The molecule has 2 heterocycles. The van der Waals surface area contributed by atoms with Crippen LogP contribution in [0.5, 0.6) is 0 Å². The third-order valence-corrected chi connectivity index (χ3v) is 15.0. The molecule has 74 heavy (non-hydrogen) atoms. The van der Waals surface area contributed by atoms with Gasteiger partial charge < -0.3 is 14.7 Å². The molecule has 2 aliphatic rings. The molecule has 12 aromatic carbocycles. The molecule has 12 aromatic rings. The number of anilines is 9. The van der Waals surface area contributed by atoms with Crippen molar-refractivity contribution < 1.29 is 0 Å². The van der Waals surface area contributed by atoms with Crippen molar-refractivity contribution in [1.29, 1.82) is 0 Å². The van der Waals surface area contributed by atoms with Gasteiger partial charge in [0, 0.05) is 45.2 Å². The Morgan fingerprint density at radius 3 is 1.12 bits per heavy atom. The largest absolute Gasteiger partial charge is 0.311 e. The van der Waals surface area contributed by atoms with Crippen molar-refractivity contribution in [3.05, 3.63) is 291 Å². The van der Waals surface area contributed by atoms with E-state index in [1.807, 2.05) is 0 Å². The average Bonchev–Trinajstić information content (AvgIpc) is 3.50. The lowest BCUT2D eigenvalue weighted by Crippen LogP contribution is -2.61. The molecule has 0 aliphatic carbocycles. The van der Waals surface area contributed by atoms with Crippen molar-refractivity contribution in [3.63, 3.8) is 0 Å². The summed E-state index contributed by atoms with van der Waals surface area (Å²) in [6.07, 6.45) is 0. The van der Waals surface area contributed by atoms with Gasteiger partial charge in [0.05, 0.1) is 11.4 Å². The fourth-order valence-corrected chi connectivity index (χ4v) is 11.6. The molecule has 346 valence electrons. The summed E-state index contributed by atoms with van der Waals surface area (Å²) in [5.41, 5.74) is 23.3. The first kappa shape index (κ1) is 43.2. The molecule has 0 spiro atoms. The van der Waals surface area contributed by atoms with Crippen LogP contribution in [0.4, 0.5) is 51.2 Å². The molecule has 0 unspecified atom stereocenters. The Hall–Kier alpha value is -9.64. The number of nitrogens with zero attached hydrogens (tertiary/aromatic N) is 3. The molecule has 3 nitrogen and oxygen atoms in total. The second-order valence-electron chi connectivity index (χ2n) is 19.3. The van der Waals surface area contributed by atoms with E-state index < -0.39 is 0 Å². The molecule has 0 amide bonds. The Balaban J connectivity index is 1.09. The second kappa shape index (κ2) is 18.2. The predicted molar refractivity (Wildman–Crippen MR) is 314 cm³/mol. The molecule has 0 radical (unpaired) electrons. The number of fused-ring (bicyclic) bond motifs is 5. The van der Waals surface area contributed by atoms with Crippen LogP contribution in [0.3, 0.4) is 0 Å². The van der Waals surface area contributed by atoms with Gasteiger partial charge in [-0.3, -0.25) is 0 Å². The predicted octanol–water partition coefficient (Wildman–Crippen LogP) is 17.1. The van der Waals surface area contributed by atoms with Gasteiger partial charge in [0.25, 0.3) is 6.71 Å². The highest BCUT2D eigenvalue weighted by Gasteiger charge is 2.44. The van der Waals surface area contributed by atoms with Gasteiger partial charge in [0.15, 0.2) is 0 Å². The number of hydrogen-bond acceptors (Lipinski definition) is 3. The summed E-state index contributed by atoms with van der Waals surface area (Å²) in [4.78, 5) is 7.55. The van der Waals surface area contributed by atoms with E-state index in [4.69, 9.17) is 0 Å². The molecule has 0 saturated heterocycles. The Morgan fingerprint density at radius 2 is 0.649 bits per heavy atom. The summed E-state index contributed by atoms with van der Waals surface area (Å²) in [5.74, 6) is 0. The first-order valence-corrected chi connectivity index (χ1v) is 25.5. The van der Waals surface area contributed by atoms with Crippen LogP contribution in [-0.2, 0) is 0 Å². The molecule has 2 aliphatic heterocycles. The topological polar surface area (TPSA) is 9.72 Å². The third-order valence-electron chi connectivity index (χ3n) is 15.0. The normalized spacial score (nSPS) is 12.2. The zero-order valence-corrected chi connectivity index (χ0v) is 40.6. The summed E-state index contributed by atoms with van der Waals surface area (Å²) in [6.45, 7) is -0.0869. The minimum absolute atomic E-state index is 0.0869. The lowest BCUT2D eigenvalue weighted by molar-refractivity contribution is 1.23. The van der Waals surface area contributed by atoms with E-state index >= 15 is 0 Å². The number of para-hydroxylation sites is 1. The SMILES string of the molecule is c1ccc(-c2ccc(N3c4cc(-c5ccccc5)ccc4B4c5ccc(-c6ccccc6)cc5N(c5ccc(-c6ccccc6)cc5)c5cc(N(c6ccccc6)c6cccc7ccccc67)cc3c54)cc2)cc1. The van der Waals surface area contributed by atoms with Crippen LogP contribution >= 0.6 is 0 Å². The van der Waals surface area contributed by atoms with E-state index in [1.54, 1.807) is 0 Å². The van der Waals surface area contributed by atoms with Crippen molar-refractivity contribution in [2.75, 3.05) is 14.7 Å². The van der Waals surface area contributed by atoms with Gasteiger partial charge in [-0.2, -0.15) is 0 Å². The molecule has 0 N–H and O–H groups in total. The number of benzene rings is 12. The Bertz CT molecular complexity index is 3790. The maximum Gasteiger partial charge on any atom is 0.252 e. The van der Waals surface area contributed by atoms with Crippen LogP contribution in [0.25, 0.3) is 55.3 Å². The maximum absolute atomic E-state index is 2.54. The molecule has 4 heteroatoms. The molecule has 0 bridgehead atoms. The highest BCUT2D eigenvalue weighted by atomic mass is 15.2. The number of hydrogen-bond donors (Lipinski definition) is 0. The molecule has 14 rings (SSSR count). The van der Waals surface area contributed by atoms with Crippen molar-refractivity contribution in [1.82, 2.24) is 0 Å². The zero-order chi connectivity index (χ0) is 49.0. The Kier molecular flexibility index (Phi) is 10.6. The van der Waals surface area contributed by atoms with E-state index in [0.29, 0.717) is 0 Å². The monoisotopic (exact) mass is 941 g/mol. The summed E-state index contributed by atoms with van der Waals surface area (Å²) >= 11 is 0. The van der Waals surface area contributed by atoms with Gasteiger partial charge in [-0.25, -0.2) is 0 Å². The average molecular weight is 942 g/mol. The molecule has 0 aromatic heterocycles. The van der Waals surface area contributed by atoms with Crippen molar-refractivity contribution in [3.8, 4) is 44.5 Å². The van der Waals surface area contributed by atoms with Crippen LogP contribution < -0.4 is 31.1 Å². The summed E-state index contributed by atoms with van der Waals surface area (Å²) < 4.78 is 0. The highest BCUT2D eigenvalue weighted by Crippen LogP contribution is 2.50. The van der Waals surface area contributed by atoms with E-state index in [-0.39, 0.29) is 6.71 Å². The minimum atomic E-state index is -0.0869. The van der Waals surface area contributed by atoms with E-state index in [2.05, 4.69) is 306 Å². The minimum Gasteiger partial charge on any atom is -0.311 e. The van der Waals surface area contributed by atoms with Gasteiger partial charge in [0.1, 0.15) is 0 Å². The van der Waals surface area contributed by atoms with Gasteiger partial charge in [-0.05, 0) is 133 Å². The van der Waals surface area contributed by atoms with Crippen LogP contribution in [0.15, 0.2) is 291 Å². The quantitative estimate of drug-likeness (QED) is 0.134. The maximum atomic E-state index is 2.54. The second-order valence-corrected chi connectivity index (χ2v) is 19.3. The van der Waals surface area contributed by atoms with Crippen molar-refractivity contribution in [2.24, 2.45) is 0 Å². The van der Waals surface area contributed by atoms with Gasteiger partial charge in [-0.1, -0.05) is 224 Å². The van der Waals surface area contributed by atoms with Gasteiger partial charge in [-0.15, -0.1) is 0 Å². The summed E-state index contributed by atoms with van der Waals surface area (Å²) in [5, 5.41) is 2.37. The van der Waals surface area contributed by atoms with Crippen LogP contribution in [-0.4, -0.2) is 6.71 Å². The van der Waals surface area contributed by atoms with Gasteiger partial charge >= 0.3 is 0 Å². The van der Waals surface area contributed by atoms with E-state index in [1.165, 1.54) is 71.7 Å². The number of rotatable bonds is 9. The van der Waals surface area contributed by atoms with E-state index in [0.717, 1.165) is 51.2 Å².